The standard InChI is InChI=1S/C19H20N4O4S/c1-13-11-18(22-27-13)23-28(25,26)16-9-7-15(8-10-16)21-19(24)17(20)12-14-5-3-2-4-6-14/h2-11,17H,12,20H2,1H3,(H,21,24)(H,22,23)/t17-/m0/s1. The minimum absolute atomic E-state index is 0.0275. The average molecular weight is 400 g/mol. The summed E-state index contributed by atoms with van der Waals surface area (Å²) < 4.78 is 31.9. The number of carbonyl (C=O) groups excluding carboxylic acids is 1. The van der Waals surface area contributed by atoms with Gasteiger partial charge in [0.2, 0.25) is 5.91 Å². The Balaban J connectivity index is 1.62. The first-order valence-corrected chi connectivity index (χ1v) is 9.98. The number of hydrogen-bond acceptors (Lipinski definition) is 6. The van der Waals surface area contributed by atoms with E-state index < -0.39 is 16.1 Å². The summed E-state index contributed by atoms with van der Waals surface area (Å²) in [5, 5.41) is 6.29. The van der Waals surface area contributed by atoms with Gasteiger partial charge in [-0.3, -0.25) is 9.52 Å². The van der Waals surface area contributed by atoms with Crippen LogP contribution in [0.4, 0.5) is 11.5 Å². The van der Waals surface area contributed by atoms with Crippen molar-refractivity contribution in [2.75, 3.05) is 10.0 Å². The molecule has 2 aromatic carbocycles. The Morgan fingerprint density at radius 3 is 2.43 bits per heavy atom. The van der Waals surface area contributed by atoms with Crippen LogP contribution in [-0.2, 0) is 21.2 Å². The number of sulfonamides is 1. The molecule has 0 spiro atoms. The number of rotatable bonds is 7. The topological polar surface area (TPSA) is 127 Å². The van der Waals surface area contributed by atoms with Crippen LogP contribution in [0, 0.1) is 6.92 Å². The first-order chi connectivity index (χ1) is 13.3. The average Bonchev–Trinajstić information content (AvgIpc) is 3.07. The summed E-state index contributed by atoms with van der Waals surface area (Å²) in [6, 6.07) is 16.0. The van der Waals surface area contributed by atoms with Gasteiger partial charge >= 0.3 is 0 Å². The number of nitrogens with two attached hydrogens (primary N) is 1. The van der Waals surface area contributed by atoms with Crippen molar-refractivity contribution in [1.29, 1.82) is 0 Å². The van der Waals surface area contributed by atoms with Crippen molar-refractivity contribution in [3.8, 4) is 0 Å². The fourth-order valence-electron chi connectivity index (χ4n) is 2.52. The van der Waals surface area contributed by atoms with Crippen LogP contribution in [0.15, 0.2) is 70.1 Å². The molecule has 0 saturated carbocycles. The van der Waals surface area contributed by atoms with Gasteiger partial charge in [0, 0.05) is 11.8 Å². The predicted octanol–water partition coefficient (Wildman–Crippen LogP) is 2.29. The van der Waals surface area contributed by atoms with Crippen LogP contribution in [0.25, 0.3) is 0 Å². The van der Waals surface area contributed by atoms with Gasteiger partial charge < -0.3 is 15.6 Å². The molecule has 1 amide bonds. The van der Waals surface area contributed by atoms with Crippen molar-refractivity contribution in [3.05, 3.63) is 72.0 Å². The number of aromatic nitrogens is 1. The minimum atomic E-state index is -3.81. The summed E-state index contributed by atoms with van der Waals surface area (Å²) in [5.74, 6) is 0.236. The normalized spacial score (nSPS) is 12.4. The largest absolute Gasteiger partial charge is 0.360 e. The number of aryl methyl sites for hydroxylation is 1. The third-order valence-electron chi connectivity index (χ3n) is 3.93. The molecule has 0 aliphatic heterocycles. The lowest BCUT2D eigenvalue weighted by atomic mass is 10.1. The molecule has 0 radical (unpaired) electrons. The summed E-state index contributed by atoms with van der Waals surface area (Å²) in [4.78, 5) is 12.3. The van der Waals surface area contributed by atoms with Gasteiger partial charge in [-0.25, -0.2) is 8.42 Å². The first kappa shape index (κ1) is 19.6. The lowest BCUT2D eigenvalue weighted by Crippen LogP contribution is -2.37. The lowest BCUT2D eigenvalue weighted by Gasteiger charge is -2.13. The van der Waals surface area contributed by atoms with Crippen molar-refractivity contribution in [1.82, 2.24) is 5.16 Å². The maximum Gasteiger partial charge on any atom is 0.263 e. The lowest BCUT2D eigenvalue weighted by molar-refractivity contribution is -0.117. The van der Waals surface area contributed by atoms with E-state index >= 15 is 0 Å². The summed E-state index contributed by atoms with van der Waals surface area (Å²) in [6.45, 7) is 1.66. The van der Waals surface area contributed by atoms with Crippen molar-refractivity contribution in [3.63, 3.8) is 0 Å². The summed E-state index contributed by atoms with van der Waals surface area (Å²) in [5.41, 5.74) is 7.36. The molecule has 0 unspecified atom stereocenters. The Hall–Kier alpha value is -3.17. The number of nitrogens with one attached hydrogen (secondary N) is 2. The van der Waals surface area contributed by atoms with Gasteiger partial charge in [-0.1, -0.05) is 35.5 Å². The van der Waals surface area contributed by atoms with E-state index in [1.807, 2.05) is 30.3 Å². The molecule has 0 saturated heterocycles. The van der Waals surface area contributed by atoms with E-state index in [2.05, 4.69) is 15.2 Å². The predicted molar refractivity (Wildman–Crippen MR) is 105 cm³/mol. The molecule has 3 aromatic rings. The Morgan fingerprint density at radius 1 is 1.14 bits per heavy atom. The number of hydrogen-bond donors (Lipinski definition) is 3. The fourth-order valence-corrected chi connectivity index (χ4v) is 3.51. The van der Waals surface area contributed by atoms with Gasteiger partial charge in [0.1, 0.15) is 5.76 Å². The van der Waals surface area contributed by atoms with Crippen molar-refractivity contribution >= 4 is 27.4 Å². The number of benzene rings is 2. The highest BCUT2D eigenvalue weighted by Crippen LogP contribution is 2.18. The molecule has 1 heterocycles. The van der Waals surface area contributed by atoms with Gasteiger partial charge in [-0.15, -0.1) is 0 Å². The second-order valence-electron chi connectivity index (χ2n) is 6.24. The highest BCUT2D eigenvalue weighted by Gasteiger charge is 2.17. The van der Waals surface area contributed by atoms with Crippen LogP contribution in [0.2, 0.25) is 0 Å². The molecule has 1 atom stereocenters. The second-order valence-corrected chi connectivity index (χ2v) is 7.92. The Morgan fingerprint density at radius 2 is 1.82 bits per heavy atom. The molecule has 0 aliphatic rings. The first-order valence-electron chi connectivity index (χ1n) is 8.50. The molecule has 0 bridgehead atoms. The van der Waals surface area contributed by atoms with Gasteiger partial charge in [0.15, 0.2) is 5.82 Å². The maximum atomic E-state index is 12.4. The number of anilines is 2. The molecule has 0 fully saturated rings. The molecular weight excluding hydrogens is 380 g/mol. The number of nitrogens with zero attached hydrogens (tertiary/aromatic N) is 1. The van der Waals surface area contributed by atoms with Crippen molar-refractivity contribution < 1.29 is 17.7 Å². The van der Waals surface area contributed by atoms with E-state index in [-0.39, 0.29) is 16.6 Å². The minimum Gasteiger partial charge on any atom is -0.360 e. The SMILES string of the molecule is Cc1cc(NS(=O)(=O)c2ccc(NC(=O)[C@@H](N)Cc3ccccc3)cc2)no1. The number of amides is 1. The van der Waals surface area contributed by atoms with E-state index in [0.717, 1.165) is 5.56 Å². The van der Waals surface area contributed by atoms with E-state index in [4.69, 9.17) is 10.3 Å². The molecule has 8 nitrogen and oxygen atoms in total. The summed E-state index contributed by atoms with van der Waals surface area (Å²) >= 11 is 0. The zero-order valence-electron chi connectivity index (χ0n) is 15.1. The van der Waals surface area contributed by atoms with E-state index in [0.29, 0.717) is 17.9 Å². The van der Waals surface area contributed by atoms with Crippen LogP contribution in [0.1, 0.15) is 11.3 Å². The van der Waals surface area contributed by atoms with Crippen LogP contribution >= 0.6 is 0 Å². The third kappa shape index (κ3) is 4.96. The zero-order chi connectivity index (χ0) is 20.1. The van der Waals surface area contributed by atoms with E-state index in [1.54, 1.807) is 6.92 Å². The Kier molecular flexibility index (Phi) is 5.76. The Bertz CT molecular complexity index is 1050. The number of carbonyl (C=O) groups is 1. The van der Waals surface area contributed by atoms with Crippen molar-refractivity contribution in [2.24, 2.45) is 5.73 Å². The van der Waals surface area contributed by atoms with E-state index in [9.17, 15) is 13.2 Å². The molecule has 9 heteroatoms. The smallest absolute Gasteiger partial charge is 0.263 e. The molecule has 4 N–H and O–H groups in total. The van der Waals surface area contributed by atoms with Crippen LogP contribution < -0.4 is 15.8 Å². The quantitative estimate of drug-likeness (QED) is 0.558. The third-order valence-corrected chi connectivity index (χ3v) is 5.30. The summed E-state index contributed by atoms with van der Waals surface area (Å²) in [6.07, 6.45) is 0.403. The monoisotopic (exact) mass is 400 g/mol. The van der Waals surface area contributed by atoms with Gasteiger partial charge in [-0.05, 0) is 43.2 Å². The van der Waals surface area contributed by atoms with Gasteiger partial charge in [0.05, 0.1) is 10.9 Å². The van der Waals surface area contributed by atoms with Crippen LogP contribution in [0.5, 0.6) is 0 Å². The van der Waals surface area contributed by atoms with Crippen LogP contribution in [0.3, 0.4) is 0 Å². The summed E-state index contributed by atoms with van der Waals surface area (Å²) in [7, 11) is -3.81. The Labute approximate surface area is 162 Å². The molecule has 28 heavy (non-hydrogen) atoms. The molecular formula is C19H20N4O4S. The molecule has 3 rings (SSSR count). The van der Waals surface area contributed by atoms with Crippen LogP contribution in [-0.4, -0.2) is 25.5 Å². The molecule has 0 aliphatic carbocycles. The maximum absolute atomic E-state index is 12.4. The molecule has 146 valence electrons. The van der Waals surface area contributed by atoms with E-state index in [1.165, 1.54) is 30.3 Å². The van der Waals surface area contributed by atoms with Crippen molar-refractivity contribution in [2.45, 2.75) is 24.3 Å². The molecule has 1 aromatic heterocycles. The second kappa shape index (κ2) is 8.24. The zero-order valence-corrected chi connectivity index (χ0v) is 15.9. The van der Waals surface area contributed by atoms with Gasteiger partial charge in [0.25, 0.3) is 10.0 Å². The van der Waals surface area contributed by atoms with Gasteiger partial charge in [-0.2, -0.15) is 0 Å². The highest BCUT2D eigenvalue weighted by atomic mass is 32.2. The highest BCUT2D eigenvalue weighted by molar-refractivity contribution is 7.92. The fraction of sp³-hybridized carbons (Fsp3) is 0.158.